The number of hydrogen-bond donors (Lipinski definition) is 0. The van der Waals surface area contributed by atoms with Gasteiger partial charge in [0.15, 0.2) is 0 Å². The van der Waals surface area contributed by atoms with Crippen molar-refractivity contribution < 1.29 is 8.42 Å². The largest absolute Gasteiger partial charge is 0.326 e. The fourth-order valence-corrected chi connectivity index (χ4v) is 3.58. The Balaban J connectivity index is 2.06. The van der Waals surface area contributed by atoms with Gasteiger partial charge in [0, 0.05) is 19.4 Å². The third-order valence-electron chi connectivity index (χ3n) is 3.16. The van der Waals surface area contributed by atoms with E-state index in [1.807, 2.05) is 24.3 Å². The van der Waals surface area contributed by atoms with Gasteiger partial charge in [0.2, 0.25) is 0 Å². The van der Waals surface area contributed by atoms with E-state index in [-0.39, 0.29) is 6.54 Å². The van der Waals surface area contributed by atoms with E-state index >= 15 is 0 Å². The first-order valence-corrected chi connectivity index (χ1v) is 7.25. The highest BCUT2D eigenvalue weighted by Gasteiger charge is 2.37. The molecule has 98 valence electrons. The Morgan fingerprint density at radius 3 is 2.53 bits per heavy atom. The molecule has 2 aromatic rings. The van der Waals surface area contributed by atoms with Crippen LogP contribution in [0.2, 0.25) is 0 Å². The molecule has 0 aliphatic carbocycles. The maximum atomic E-state index is 12.4. The first kappa shape index (κ1) is 12.0. The van der Waals surface area contributed by atoms with Crippen LogP contribution in [-0.2, 0) is 16.8 Å². The number of pyridine rings is 1. The molecule has 0 unspecified atom stereocenters. The standard InChI is InChI=1S/C13H13N3O2S/c1-15-12-6-2-3-7-13(12)16(19(15,17)18)10-11-5-4-8-14-9-11/h2-9H,10H2,1H3. The topological polar surface area (TPSA) is 53.5 Å². The summed E-state index contributed by atoms with van der Waals surface area (Å²) in [6, 6.07) is 10.9. The zero-order chi connectivity index (χ0) is 13.5. The Kier molecular flexibility index (Phi) is 2.67. The number of fused-ring (bicyclic) bond motifs is 1. The minimum atomic E-state index is -3.48. The summed E-state index contributed by atoms with van der Waals surface area (Å²) in [6.07, 6.45) is 3.35. The smallest absolute Gasteiger partial charge is 0.264 e. The molecule has 0 saturated heterocycles. The van der Waals surface area contributed by atoms with Crippen LogP contribution < -0.4 is 8.61 Å². The van der Waals surface area contributed by atoms with E-state index in [0.717, 1.165) is 5.56 Å². The van der Waals surface area contributed by atoms with Crippen LogP contribution in [0.3, 0.4) is 0 Å². The van der Waals surface area contributed by atoms with Gasteiger partial charge in [-0.25, -0.2) is 4.31 Å². The molecule has 1 aliphatic heterocycles. The van der Waals surface area contributed by atoms with Crippen LogP contribution >= 0.6 is 0 Å². The number of aromatic nitrogens is 1. The van der Waals surface area contributed by atoms with Gasteiger partial charge >= 0.3 is 10.2 Å². The zero-order valence-corrected chi connectivity index (χ0v) is 11.2. The van der Waals surface area contributed by atoms with Crippen molar-refractivity contribution in [2.75, 3.05) is 15.7 Å². The average Bonchev–Trinajstić information content (AvgIpc) is 2.62. The predicted octanol–water partition coefficient (Wildman–Crippen LogP) is 1.78. The van der Waals surface area contributed by atoms with E-state index in [4.69, 9.17) is 0 Å². The van der Waals surface area contributed by atoms with Crippen LogP contribution in [0.4, 0.5) is 11.4 Å². The lowest BCUT2D eigenvalue weighted by molar-refractivity contribution is 0.592. The van der Waals surface area contributed by atoms with Crippen molar-refractivity contribution in [3.63, 3.8) is 0 Å². The van der Waals surface area contributed by atoms with E-state index in [0.29, 0.717) is 11.4 Å². The summed E-state index contributed by atoms with van der Waals surface area (Å²) in [7, 11) is -1.92. The molecular weight excluding hydrogens is 262 g/mol. The van der Waals surface area contributed by atoms with Crippen molar-refractivity contribution in [2.45, 2.75) is 6.54 Å². The summed E-state index contributed by atoms with van der Waals surface area (Å²) in [6.45, 7) is 0.289. The van der Waals surface area contributed by atoms with Gasteiger partial charge in [-0.1, -0.05) is 18.2 Å². The van der Waals surface area contributed by atoms with Gasteiger partial charge in [-0.05, 0) is 23.8 Å². The molecule has 0 bridgehead atoms. The van der Waals surface area contributed by atoms with Crippen LogP contribution in [0.5, 0.6) is 0 Å². The van der Waals surface area contributed by atoms with E-state index < -0.39 is 10.2 Å². The molecule has 0 N–H and O–H groups in total. The summed E-state index contributed by atoms with van der Waals surface area (Å²) >= 11 is 0. The maximum Gasteiger partial charge on any atom is 0.326 e. The number of nitrogens with zero attached hydrogens (tertiary/aromatic N) is 3. The highest BCUT2D eigenvalue weighted by Crippen LogP contribution is 2.40. The molecule has 0 spiro atoms. The lowest BCUT2D eigenvalue weighted by atomic mass is 10.2. The van der Waals surface area contributed by atoms with E-state index in [9.17, 15) is 8.42 Å². The number of rotatable bonds is 2. The molecule has 3 rings (SSSR count). The highest BCUT2D eigenvalue weighted by molar-refractivity contribution is 7.94. The maximum absolute atomic E-state index is 12.4. The van der Waals surface area contributed by atoms with Crippen LogP contribution in [-0.4, -0.2) is 20.4 Å². The molecule has 0 radical (unpaired) electrons. The fourth-order valence-electron chi connectivity index (χ4n) is 2.16. The monoisotopic (exact) mass is 275 g/mol. The van der Waals surface area contributed by atoms with E-state index in [1.54, 1.807) is 31.6 Å². The molecule has 6 heteroatoms. The SMILES string of the molecule is CN1c2ccccc2N(Cc2cccnc2)S1(=O)=O. The second-order valence-corrected chi connectivity index (χ2v) is 6.22. The van der Waals surface area contributed by atoms with Crippen LogP contribution in [0.15, 0.2) is 48.8 Å². The first-order chi connectivity index (χ1) is 9.10. The van der Waals surface area contributed by atoms with Crippen molar-refractivity contribution in [1.82, 2.24) is 4.98 Å². The number of hydrogen-bond acceptors (Lipinski definition) is 3. The summed E-state index contributed by atoms with van der Waals surface area (Å²) in [5.74, 6) is 0. The zero-order valence-electron chi connectivity index (χ0n) is 10.4. The molecule has 1 aliphatic rings. The van der Waals surface area contributed by atoms with Gasteiger partial charge in [-0.15, -0.1) is 0 Å². The molecule has 0 amide bonds. The fraction of sp³-hybridized carbons (Fsp3) is 0.154. The van der Waals surface area contributed by atoms with E-state index in [1.165, 1.54) is 8.61 Å². The molecule has 0 saturated carbocycles. The Labute approximate surface area is 112 Å². The molecule has 0 atom stereocenters. The number of benzene rings is 1. The lowest BCUT2D eigenvalue weighted by Gasteiger charge is -2.18. The molecular formula is C13H13N3O2S. The number of para-hydroxylation sites is 2. The van der Waals surface area contributed by atoms with Crippen LogP contribution in [0.25, 0.3) is 0 Å². The predicted molar refractivity (Wildman–Crippen MR) is 74.2 cm³/mol. The third kappa shape index (κ3) is 1.84. The molecule has 1 aromatic heterocycles. The lowest BCUT2D eigenvalue weighted by Crippen LogP contribution is -2.35. The van der Waals surface area contributed by atoms with Crippen LogP contribution in [0.1, 0.15) is 5.56 Å². The Hall–Kier alpha value is -2.08. The molecule has 0 fully saturated rings. The molecule has 5 nitrogen and oxygen atoms in total. The quantitative estimate of drug-likeness (QED) is 0.839. The van der Waals surface area contributed by atoms with Crippen molar-refractivity contribution in [3.8, 4) is 0 Å². The minimum absolute atomic E-state index is 0.289. The van der Waals surface area contributed by atoms with Gasteiger partial charge in [-0.3, -0.25) is 9.29 Å². The van der Waals surface area contributed by atoms with Crippen molar-refractivity contribution in [2.24, 2.45) is 0 Å². The normalized spacial score (nSPS) is 16.5. The Morgan fingerprint density at radius 1 is 1.11 bits per heavy atom. The van der Waals surface area contributed by atoms with Crippen molar-refractivity contribution in [1.29, 1.82) is 0 Å². The summed E-state index contributed by atoms with van der Waals surface area (Å²) in [4.78, 5) is 4.01. The minimum Gasteiger partial charge on any atom is -0.264 e. The second kappa shape index (κ2) is 4.24. The molecule has 1 aromatic carbocycles. The van der Waals surface area contributed by atoms with Crippen LogP contribution in [0, 0.1) is 0 Å². The Bertz CT molecular complexity index is 701. The van der Waals surface area contributed by atoms with Gasteiger partial charge in [0.1, 0.15) is 0 Å². The number of anilines is 2. The van der Waals surface area contributed by atoms with Gasteiger partial charge in [-0.2, -0.15) is 8.42 Å². The Morgan fingerprint density at radius 2 is 1.84 bits per heavy atom. The van der Waals surface area contributed by atoms with Crippen molar-refractivity contribution in [3.05, 3.63) is 54.4 Å². The van der Waals surface area contributed by atoms with E-state index in [2.05, 4.69) is 4.98 Å². The third-order valence-corrected chi connectivity index (χ3v) is 4.93. The van der Waals surface area contributed by atoms with Gasteiger partial charge in [0.25, 0.3) is 0 Å². The van der Waals surface area contributed by atoms with Gasteiger partial charge < -0.3 is 0 Å². The summed E-state index contributed by atoms with van der Waals surface area (Å²) in [5.41, 5.74) is 2.26. The second-order valence-electron chi connectivity index (χ2n) is 4.33. The van der Waals surface area contributed by atoms with Gasteiger partial charge in [0.05, 0.1) is 17.9 Å². The molecule has 2 heterocycles. The van der Waals surface area contributed by atoms with Crippen molar-refractivity contribution >= 4 is 21.6 Å². The summed E-state index contributed by atoms with van der Waals surface area (Å²) < 4.78 is 27.5. The average molecular weight is 275 g/mol. The highest BCUT2D eigenvalue weighted by atomic mass is 32.2. The summed E-state index contributed by atoms with van der Waals surface area (Å²) in [5, 5.41) is 0. The molecule has 19 heavy (non-hydrogen) atoms. The first-order valence-electron chi connectivity index (χ1n) is 5.85.